The van der Waals surface area contributed by atoms with Crippen molar-refractivity contribution < 1.29 is 19.1 Å². The van der Waals surface area contributed by atoms with E-state index in [1.807, 2.05) is 0 Å². The third kappa shape index (κ3) is 7.08. The quantitative estimate of drug-likeness (QED) is 0.149. The Kier molecular flexibility index (Phi) is 7.12. The topological polar surface area (TPSA) is 101 Å². The molecule has 78 valence electrons. The number of nitrogens with zero attached hydrogens (tertiary/aromatic N) is 3. The van der Waals surface area contributed by atoms with Gasteiger partial charge in [-0.15, -0.1) is 0 Å². The van der Waals surface area contributed by atoms with Gasteiger partial charge in [-0.2, -0.15) is 0 Å². The van der Waals surface area contributed by atoms with Crippen molar-refractivity contribution in [2.45, 2.75) is 6.42 Å². The molecule has 0 aliphatic heterocycles. The lowest BCUT2D eigenvalue weighted by molar-refractivity contribution is -0.144. The molecular formula is C7H11N3O4. The zero-order valence-electron chi connectivity index (χ0n) is 7.80. The van der Waals surface area contributed by atoms with Gasteiger partial charge in [-0.25, -0.2) is 0 Å². The van der Waals surface area contributed by atoms with Gasteiger partial charge in [0.05, 0.1) is 13.7 Å². The lowest BCUT2D eigenvalue weighted by Crippen LogP contribution is -2.15. The van der Waals surface area contributed by atoms with Crippen LogP contribution >= 0.6 is 0 Å². The van der Waals surface area contributed by atoms with Gasteiger partial charge in [0.1, 0.15) is 13.0 Å². The van der Waals surface area contributed by atoms with Crippen LogP contribution in [0.4, 0.5) is 0 Å². The molecule has 7 heteroatoms. The fourth-order valence-corrected chi connectivity index (χ4v) is 0.620. The molecule has 0 aromatic heterocycles. The maximum Gasteiger partial charge on any atom is 0.313 e. The number of methoxy groups -OCH3 is 1. The molecule has 0 spiro atoms. The Bertz CT molecular complexity index is 247. The van der Waals surface area contributed by atoms with Crippen LogP contribution in [0.1, 0.15) is 6.42 Å². The summed E-state index contributed by atoms with van der Waals surface area (Å²) in [5.41, 5.74) is 7.90. The predicted octanol–water partition coefficient (Wildman–Crippen LogP) is 0.445. The summed E-state index contributed by atoms with van der Waals surface area (Å²) in [7, 11) is 1.21. The summed E-state index contributed by atoms with van der Waals surface area (Å²) in [4.78, 5) is 24.0. The number of azide groups is 1. The molecule has 0 N–H and O–H groups in total. The van der Waals surface area contributed by atoms with Crippen molar-refractivity contribution in [2.75, 3.05) is 26.9 Å². The summed E-state index contributed by atoms with van der Waals surface area (Å²) in [5, 5.41) is 3.20. The number of ketones is 1. The van der Waals surface area contributed by atoms with Gasteiger partial charge >= 0.3 is 5.97 Å². The minimum absolute atomic E-state index is 0.164. The molecule has 0 heterocycles. The van der Waals surface area contributed by atoms with Crippen LogP contribution in [-0.2, 0) is 19.1 Å². The lowest BCUT2D eigenvalue weighted by Gasteiger charge is -2.00. The third-order valence-corrected chi connectivity index (χ3v) is 1.23. The number of ether oxygens (including phenoxy) is 2. The molecule has 14 heavy (non-hydrogen) atoms. The molecule has 0 atom stereocenters. The smallest absolute Gasteiger partial charge is 0.313 e. The summed E-state index contributed by atoms with van der Waals surface area (Å²) in [6.45, 7) is 0.162. The van der Waals surface area contributed by atoms with Crippen molar-refractivity contribution >= 4 is 11.8 Å². The van der Waals surface area contributed by atoms with Crippen molar-refractivity contribution in [1.82, 2.24) is 0 Å². The molecule has 7 nitrogen and oxygen atoms in total. The van der Waals surface area contributed by atoms with Crippen molar-refractivity contribution in [3.63, 3.8) is 0 Å². The Morgan fingerprint density at radius 3 is 2.79 bits per heavy atom. The summed E-state index contributed by atoms with van der Waals surface area (Å²) < 4.78 is 9.10. The van der Waals surface area contributed by atoms with Gasteiger partial charge in [0.15, 0.2) is 5.78 Å². The average molecular weight is 201 g/mol. The minimum Gasteiger partial charge on any atom is -0.469 e. The number of hydrogen-bond acceptors (Lipinski definition) is 5. The molecule has 0 aliphatic carbocycles. The van der Waals surface area contributed by atoms with Gasteiger partial charge in [-0.1, -0.05) is 5.11 Å². The zero-order valence-corrected chi connectivity index (χ0v) is 7.80. The maximum atomic E-state index is 10.9. The Morgan fingerprint density at radius 1 is 1.50 bits per heavy atom. The van der Waals surface area contributed by atoms with Gasteiger partial charge in [-0.05, 0) is 5.53 Å². The Labute approximate surface area is 80.6 Å². The van der Waals surface area contributed by atoms with E-state index in [2.05, 4.69) is 14.8 Å². The fourth-order valence-electron chi connectivity index (χ4n) is 0.620. The van der Waals surface area contributed by atoms with Crippen LogP contribution in [0.25, 0.3) is 10.4 Å². The molecule has 0 fully saturated rings. The molecule has 0 amide bonds. The molecule has 0 saturated carbocycles. The first-order valence-electron chi connectivity index (χ1n) is 3.87. The number of hydrogen-bond donors (Lipinski definition) is 0. The highest BCUT2D eigenvalue weighted by Crippen LogP contribution is 1.88. The number of carbonyl (C=O) groups excluding carboxylic acids is 2. The zero-order chi connectivity index (χ0) is 10.8. The predicted molar refractivity (Wildman–Crippen MR) is 46.5 cm³/mol. The molecule has 0 saturated heterocycles. The van der Waals surface area contributed by atoms with Gasteiger partial charge in [0.2, 0.25) is 0 Å². The van der Waals surface area contributed by atoms with Gasteiger partial charge in [0, 0.05) is 11.5 Å². The Hall–Kier alpha value is -1.59. The number of esters is 1. The first-order chi connectivity index (χ1) is 6.70. The van der Waals surface area contributed by atoms with Crippen molar-refractivity contribution in [1.29, 1.82) is 0 Å². The highest BCUT2D eigenvalue weighted by Gasteiger charge is 2.08. The fraction of sp³-hybridized carbons (Fsp3) is 0.714. The van der Waals surface area contributed by atoms with Crippen LogP contribution in [0.2, 0.25) is 0 Å². The third-order valence-electron chi connectivity index (χ3n) is 1.23. The van der Waals surface area contributed by atoms with E-state index in [9.17, 15) is 9.59 Å². The van der Waals surface area contributed by atoms with Crippen LogP contribution < -0.4 is 0 Å². The second kappa shape index (κ2) is 8.03. The monoisotopic (exact) mass is 201 g/mol. The number of Topliss-reactive ketones (excluding diaryl/α,β-unsaturated/α-hetero) is 1. The van der Waals surface area contributed by atoms with Crippen LogP contribution in [0, 0.1) is 0 Å². The van der Waals surface area contributed by atoms with E-state index in [1.54, 1.807) is 0 Å². The van der Waals surface area contributed by atoms with E-state index in [4.69, 9.17) is 10.3 Å². The summed E-state index contributed by atoms with van der Waals surface area (Å²) >= 11 is 0. The van der Waals surface area contributed by atoms with Crippen LogP contribution in [0.3, 0.4) is 0 Å². The molecule has 0 rings (SSSR count). The van der Waals surface area contributed by atoms with E-state index in [-0.39, 0.29) is 32.0 Å². The molecule has 0 unspecified atom stereocenters. The maximum absolute atomic E-state index is 10.9. The highest BCUT2D eigenvalue weighted by molar-refractivity contribution is 5.96. The van der Waals surface area contributed by atoms with Crippen LogP contribution in [-0.4, -0.2) is 38.6 Å². The molecule has 0 radical (unpaired) electrons. The van der Waals surface area contributed by atoms with Gasteiger partial charge in [-0.3, -0.25) is 9.59 Å². The first kappa shape index (κ1) is 12.4. The first-order valence-corrected chi connectivity index (χ1v) is 3.87. The van der Waals surface area contributed by atoms with Crippen molar-refractivity contribution in [2.24, 2.45) is 5.11 Å². The summed E-state index contributed by atoms with van der Waals surface area (Å²) in [6, 6.07) is 0. The molecule has 0 aliphatic rings. The van der Waals surface area contributed by atoms with E-state index >= 15 is 0 Å². The Balaban J connectivity index is 3.44. The average Bonchev–Trinajstić information content (AvgIpc) is 2.17. The number of rotatable bonds is 7. The SMILES string of the molecule is COC(=O)CC(=O)COCCN=[N+]=[N-]. The second-order valence-corrected chi connectivity index (χ2v) is 2.30. The normalized spacial score (nSPS) is 8.93. The summed E-state index contributed by atoms with van der Waals surface area (Å²) in [6.07, 6.45) is -0.294. The molecular weight excluding hydrogens is 190 g/mol. The summed E-state index contributed by atoms with van der Waals surface area (Å²) in [5.74, 6) is -0.952. The Morgan fingerprint density at radius 2 is 2.21 bits per heavy atom. The minimum atomic E-state index is -0.589. The van der Waals surface area contributed by atoms with E-state index in [0.29, 0.717) is 0 Å². The molecule has 0 bridgehead atoms. The highest BCUT2D eigenvalue weighted by atomic mass is 16.5. The van der Waals surface area contributed by atoms with Gasteiger partial charge in [0.25, 0.3) is 0 Å². The largest absolute Gasteiger partial charge is 0.469 e. The lowest BCUT2D eigenvalue weighted by atomic mass is 10.3. The molecule has 0 aromatic carbocycles. The van der Waals surface area contributed by atoms with Crippen LogP contribution in [0.15, 0.2) is 5.11 Å². The van der Waals surface area contributed by atoms with Crippen molar-refractivity contribution in [3.8, 4) is 0 Å². The van der Waals surface area contributed by atoms with Gasteiger partial charge < -0.3 is 9.47 Å². The van der Waals surface area contributed by atoms with E-state index < -0.39 is 5.97 Å². The van der Waals surface area contributed by atoms with Crippen LogP contribution in [0.5, 0.6) is 0 Å². The van der Waals surface area contributed by atoms with E-state index in [0.717, 1.165) is 0 Å². The standard InChI is InChI=1S/C7H11N3O4/c1-13-7(12)4-6(11)5-14-3-2-9-10-8/h2-5H2,1H3. The number of carbonyl (C=O) groups is 2. The van der Waals surface area contributed by atoms with Crippen molar-refractivity contribution in [3.05, 3.63) is 10.4 Å². The van der Waals surface area contributed by atoms with E-state index in [1.165, 1.54) is 7.11 Å². The molecule has 0 aromatic rings. The second-order valence-electron chi connectivity index (χ2n) is 2.30.